The van der Waals surface area contributed by atoms with Crippen molar-refractivity contribution in [1.29, 1.82) is 0 Å². The van der Waals surface area contributed by atoms with Gasteiger partial charge in [-0.2, -0.15) is 0 Å². The van der Waals surface area contributed by atoms with E-state index in [4.69, 9.17) is 10.5 Å². The van der Waals surface area contributed by atoms with Crippen molar-refractivity contribution in [2.45, 2.75) is 70.1 Å². The average molecular weight is 235 g/mol. The molecule has 17 heavy (non-hydrogen) atoms. The topological polar surface area (TPSA) is 35.2 Å². The lowest BCUT2D eigenvalue weighted by Gasteiger charge is -2.54. The number of hydrogen-bond acceptors (Lipinski definition) is 2. The van der Waals surface area contributed by atoms with Crippen LogP contribution in [0.15, 0.2) is 0 Å². The Labute approximate surface area is 104 Å². The van der Waals surface area contributed by atoms with Crippen LogP contribution in [0, 0.1) is 23.2 Å². The van der Waals surface area contributed by atoms with Gasteiger partial charge in [-0.15, -0.1) is 0 Å². The van der Waals surface area contributed by atoms with Crippen molar-refractivity contribution in [1.82, 2.24) is 0 Å². The van der Waals surface area contributed by atoms with Gasteiger partial charge in [-0.1, -0.05) is 6.92 Å². The zero-order valence-electron chi connectivity index (χ0n) is 11.3. The Morgan fingerprint density at radius 2 is 1.94 bits per heavy atom. The maximum Gasteiger partial charge on any atom is 0.0849 e. The summed E-state index contributed by atoms with van der Waals surface area (Å²) < 4.78 is 6.60. The molecule has 2 nitrogen and oxygen atoms in total. The molecule has 96 valence electrons. The van der Waals surface area contributed by atoms with Crippen molar-refractivity contribution in [3.05, 3.63) is 0 Å². The van der Waals surface area contributed by atoms with Gasteiger partial charge in [-0.3, -0.25) is 0 Å². The number of fused-ring (bicyclic) bond motifs is 2. The van der Waals surface area contributed by atoms with Gasteiger partial charge in [0, 0.05) is 12.0 Å². The molecule has 3 saturated carbocycles. The Morgan fingerprint density at radius 3 is 2.71 bits per heavy atom. The van der Waals surface area contributed by atoms with E-state index in [0.29, 0.717) is 11.3 Å². The second-order valence-electron chi connectivity index (χ2n) is 7.70. The molecule has 1 aliphatic heterocycles. The summed E-state index contributed by atoms with van der Waals surface area (Å²) in [6.07, 6.45) is 6.69. The highest BCUT2D eigenvalue weighted by Crippen LogP contribution is 2.71. The van der Waals surface area contributed by atoms with Gasteiger partial charge in [-0.05, 0) is 63.2 Å². The van der Waals surface area contributed by atoms with Crippen LogP contribution in [-0.2, 0) is 4.74 Å². The van der Waals surface area contributed by atoms with E-state index < -0.39 is 0 Å². The van der Waals surface area contributed by atoms with Crippen LogP contribution >= 0.6 is 0 Å². The van der Waals surface area contributed by atoms with Crippen LogP contribution < -0.4 is 5.73 Å². The summed E-state index contributed by atoms with van der Waals surface area (Å²) in [6, 6.07) is 0.274. The number of hydrogen-bond donors (Lipinski definition) is 1. The molecule has 0 radical (unpaired) electrons. The first-order chi connectivity index (χ1) is 7.92. The van der Waals surface area contributed by atoms with Crippen LogP contribution in [0.5, 0.6) is 0 Å². The van der Waals surface area contributed by atoms with Crippen molar-refractivity contribution >= 4 is 0 Å². The second kappa shape index (κ2) is 2.75. The molecule has 0 aromatic carbocycles. The third kappa shape index (κ3) is 0.952. The maximum atomic E-state index is 6.60. The molecule has 1 saturated heterocycles. The minimum absolute atomic E-state index is 0.0288. The minimum atomic E-state index is -0.0288. The van der Waals surface area contributed by atoms with Crippen molar-refractivity contribution in [2.75, 3.05) is 0 Å². The van der Waals surface area contributed by atoms with Crippen LogP contribution in [0.3, 0.4) is 0 Å². The molecule has 7 atom stereocenters. The number of rotatable bonds is 0. The standard InChI is InChI=1S/C15H25NO/c1-9-4-5-11-14(3)12(16)10-8-15(9,11)7-6-13(10,2)17-14/h9-12H,4-8,16H2,1-3H3/t9-,10+,11+,12+,13-,14-,15+/m1/s1. The van der Waals surface area contributed by atoms with Gasteiger partial charge < -0.3 is 10.5 Å². The van der Waals surface area contributed by atoms with Gasteiger partial charge in [0.2, 0.25) is 0 Å². The van der Waals surface area contributed by atoms with E-state index in [1.807, 2.05) is 0 Å². The lowest BCUT2D eigenvalue weighted by Crippen LogP contribution is -2.61. The van der Waals surface area contributed by atoms with Crippen molar-refractivity contribution in [3.8, 4) is 0 Å². The Balaban J connectivity index is 1.90. The molecule has 2 N–H and O–H groups in total. The summed E-state index contributed by atoms with van der Waals surface area (Å²) in [6.45, 7) is 7.11. The van der Waals surface area contributed by atoms with E-state index in [-0.39, 0.29) is 17.2 Å². The summed E-state index contributed by atoms with van der Waals surface area (Å²) in [7, 11) is 0. The quantitative estimate of drug-likeness (QED) is 0.700. The lowest BCUT2D eigenvalue weighted by molar-refractivity contribution is -0.112. The summed E-state index contributed by atoms with van der Waals surface area (Å²) in [4.78, 5) is 0. The lowest BCUT2D eigenvalue weighted by atomic mass is 9.49. The van der Waals surface area contributed by atoms with Crippen molar-refractivity contribution in [3.63, 3.8) is 0 Å². The van der Waals surface area contributed by atoms with E-state index in [2.05, 4.69) is 20.8 Å². The highest BCUT2D eigenvalue weighted by Gasteiger charge is 2.73. The monoisotopic (exact) mass is 235 g/mol. The molecule has 3 bridgehead atoms. The molecule has 4 rings (SSSR count). The molecular formula is C15H25NO. The predicted molar refractivity (Wildman–Crippen MR) is 67.5 cm³/mol. The van der Waals surface area contributed by atoms with Gasteiger partial charge in [0.05, 0.1) is 11.2 Å². The fourth-order valence-electron chi connectivity index (χ4n) is 6.26. The maximum absolute atomic E-state index is 6.60. The summed E-state index contributed by atoms with van der Waals surface area (Å²) in [5.41, 5.74) is 7.20. The predicted octanol–water partition coefficient (Wildman–Crippen LogP) is 2.71. The first-order valence-corrected chi connectivity index (χ1v) is 7.38. The Morgan fingerprint density at radius 1 is 1.18 bits per heavy atom. The summed E-state index contributed by atoms with van der Waals surface area (Å²) in [5.74, 6) is 2.21. The van der Waals surface area contributed by atoms with Crippen molar-refractivity contribution in [2.24, 2.45) is 28.9 Å². The van der Waals surface area contributed by atoms with E-state index in [0.717, 1.165) is 11.8 Å². The van der Waals surface area contributed by atoms with Gasteiger partial charge >= 0.3 is 0 Å². The van der Waals surface area contributed by atoms with Gasteiger partial charge in [-0.25, -0.2) is 0 Å². The van der Waals surface area contributed by atoms with Crippen LogP contribution in [-0.4, -0.2) is 17.2 Å². The Kier molecular flexibility index (Phi) is 1.75. The van der Waals surface area contributed by atoms with E-state index >= 15 is 0 Å². The highest BCUT2D eigenvalue weighted by molar-refractivity contribution is 5.23. The van der Waals surface area contributed by atoms with Gasteiger partial charge in [0.1, 0.15) is 0 Å². The van der Waals surface area contributed by atoms with Gasteiger partial charge in [0.25, 0.3) is 0 Å². The smallest absolute Gasteiger partial charge is 0.0849 e. The zero-order valence-corrected chi connectivity index (χ0v) is 11.3. The SMILES string of the molecule is C[C@@H]1CC[C@@H]2[C@]13CC[C@@]1(C)O[C@@]2(C)[C@@H](N)[C@@H]1C3. The van der Waals surface area contributed by atoms with Crippen LogP contribution in [0.25, 0.3) is 0 Å². The molecule has 4 aliphatic rings. The third-order valence-electron chi connectivity index (χ3n) is 7.28. The molecule has 0 aromatic heterocycles. The Hall–Kier alpha value is -0.0800. The molecule has 1 heterocycles. The molecule has 1 spiro atoms. The first-order valence-electron chi connectivity index (χ1n) is 7.38. The first kappa shape index (κ1) is 10.8. The number of nitrogens with two attached hydrogens (primary N) is 1. The molecule has 3 aliphatic carbocycles. The van der Waals surface area contributed by atoms with Crippen molar-refractivity contribution < 1.29 is 4.74 Å². The summed E-state index contributed by atoms with van der Waals surface area (Å²) >= 11 is 0. The molecule has 2 heteroatoms. The third-order valence-corrected chi connectivity index (χ3v) is 7.28. The van der Waals surface area contributed by atoms with E-state index in [1.54, 1.807) is 0 Å². The highest BCUT2D eigenvalue weighted by atomic mass is 16.5. The second-order valence-corrected chi connectivity index (χ2v) is 7.70. The Bertz CT molecular complexity index is 383. The van der Waals surface area contributed by atoms with Crippen LogP contribution in [0.1, 0.15) is 52.9 Å². The molecule has 0 unspecified atom stereocenters. The fourth-order valence-corrected chi connectivity index (χ4v) is 6.26. The van der Waals surface area contributed by atoms with Crippen LogP contribution in [0.4, 0.5) is 0 Å². The van der Waals surface area contributed by atoms with E-state index in [1.165, 1.54) is 32.1 Å². The minimum Gasteiger partial charge on any atom is -0.367 e. The normalized spacial score (nSPS) is 68.5. The zero-order chi connectivity index (χ0) is 12.1. The molecular weight excluding hydrogens is 210 g/mol. The fraction of sp³-hybridized carbons (Fsp3) is 1.00. The van der Waals surface area contributed by atoms with Gasteiger partial charge in [0.15, 0.2) is 0 Å². The average Bonchev–Trinajstić information content (AvgIpc) is 2.62. The van der Waals surface area contributed by atoms with E-state index in [9.17, 15) is 0 Å². The largest absolute Gasteiger partial charge is 0.367 e. The van der Waals surface area contributed by atoms with Crippen LogP contribution in [0.2, 0.25) is 0 Å². The molecule has 0 aromatic rings. The number of ether oxygens (including phenoxy) is 1. The molecule has 4 fully saturated rings. The molecule has 0 amide bonds. The summed E-state index contributed by atoms with van der Waals surface area (Å²) in [5, 5.41) is 0.